The monoisotopic (exact) mass is 399 g/mol. The number of aryl methyl sites for hydroxylation is 1. The zero-order valence-corrected chi connectivity index (χ0v) is 18.2. The molecule has 1 atom stereocenters. The number of piperidine rings is 1. The molecule has 5 heteroatoms. The molecule has 0 saturated carbocycles. The molecule has 0 aliphatic carbocycles. The molecule has 1 N–H and O–H groups in total. The zero-order chi connectivity index (χ0) is 20.6. The fourth-order valence-corrected chi connectivity index (χ4v) is 4.30. The highest BCUT2D eigenvalue weighted by molar-refractivity contribution is 5.76. The number of hydrogen-bond acceptors (Lipinski definition) is 2. The number of likely N-dealkylation sites (tertiary alicyclic amines) is 2. The quantitative estimate of drug-likeness (QED) is 0.753. The average Bonchev–Trinajstić information content (AvgIpc) is 3.28. The summed E-state index contributed by atoms with van der Waals surface area (Å²) in [5.74, 6) is 0.945. The van der Waals surface area contributed by atoms with Gasteiger partial charge in [-0.1, -0.05) is 31.2 Å². The summed E-state index contributed by atoms with van der Waals surface area (Å²) in [7, 11) is 0. The number of benzene rings is 1. The minimum atomic E-state index is 0.0885. The number of urea groups is 1. The van der Waals surface area contributed by atoms with Gasteiger partial charge >= 0.3 is 6.03 Å². The van der Waals surface area contributed by atoms with Gasteiger partial charge in [-0.05, 0) is 68.9 Å². The molecule has 29 heavy (non-hydrogen) atoms. The molecule has 2 heterocycles. The second kappa shape index (κ2) is 10.7. The second-order valence-corrected chi connectivity index (χ2v) is 8.80. The van der Waals surface area contributed by atoms with Gasteiger partial charge in [-0.15, -0.1) is 0 Å². The van der Waals surface area contributed by atoms with Gasteiger partial charge in [-0.3, -0.25) is 4.79 Å². The van der Waals surface area contributed by atoms with Crippen LogP contribution in [0.3, 0.4) is 0 Å². The molecule has 1 aromatic rings. The summed E-state index contributed by atoms with van der Waals surface area (Å²) in [6.07, 6.45) is 7.94. The van der Waals surface area contributed by atoms with Crippen molar-refractivity contribution in [1.82, 2.24) is 15.1 Å². The highest BCUT2D eigenvalue weighted by Gasteiger charge is 2.23. The highest BCUT2D eigenvalue weighted by atomic mass is 16.2. The SMILES string of the molecule is CCC(C)NC(=O)N1CCC(Cc2ccc(CCC(=O)N3CCCC3)cc2)CC1. The van der Waals surface area contributed by atoms with Crippen molar-refractivity contribution in [2.45, 2.75) is 71.3 Å². The number of rotatable bonds is 7. The Hall–Kier alpha value is -2.04. The topological polar surface area (TPSA) is 52.7 Å². The van der Waals surface area contributed by atoms with E-state index in [-0.39, 0.29) is 12.1 Å². The van der Waals surface area contributed by atoms with Gasteiger partial charge in [0, 0.05) is 38.6 Å². The van der Waals surface area contributed by atoms with E-state index in [0.717, 1.165) is 71.1 Å². The molecule has 5 nitrogen and oxygen atoms in total. The summed E-state index contributed by atoms with van der Waals surface area (Å²) in [5.41, 5.74) is 2.61. The maximum atomic E-state index is 12.3. The van der Waals surface area contributed by atoms with Crippen molar-refractivity contribution in [3.8, 4) is 0 Å². The molecule has 3 amide bonds. The van der Waals surface area contributed by atoms with Crippen molar-refractivity contribution >= 4 is 11.9 Å². The van der Waals surface area contributed by atoms with Crippen LogP contribution in [0.25, 0.3) is 0 Å². The number of carbonyl (C=O) groups is 2. The molecule has 2 fully saturated rings. The van der Waals surface area contributed by atoms with Crippen LogP contribution in [0.15, 0.2) is 24.3 Å². The fourth-order valence-electron chi connectivity index (χ4n) is 4.30. The van der Waals surface area contributed by atoms with E-state index in [4.69, 9.17) is 0 Å². The third kappa shape index (κ3) is 6.48. The molecule has 3 rings (SSSR count). The van der Waals surface area contributed by atoms with Crippen LogP contribution >= 0.6 is 0 Å². The summed E-state index contributed by atoms with van der Waals surface area (Å²) in [4.78, 5) is 28.4. The molecular weight excluding hydrogens is 362 g/mol. The van der Waals surface area contributed by atoms with Gasteiger partial charge in [0.05, 0.1) is 0 Å². The Balaban J connectivity index is 1.39. The first-order valence-corrected chi connectivity index (χ1v) is 11.5. The van der Waals surface area contributed by atoms with Gasteiger partial charge < -0.3 is 15.1 Å². The molecule has 2 saturated heterocycles. The Labute approximate surface area is 175 Å². The average molecular weight is 400 g/mol. The first-order valence-electron chi connectivity index (χ1n) is 11.5. The summed E-state index contributed by atoms with van der Waals surface area (Å²) in [6.45, 7) is 7.73. The second-order valence-electron chi connectivity index (χ2n) is 8.80. The zero-order valence-electron chi connectivity index (χ0n) is 18.2. The van der Waals surface area contributed by atoms with E-state index in [2.05, 4.69) is 43.4 Å². The summed E-state index contributed by atoms with van der Waals surface area (Å²) in [6, 6.07) is 9.13. The van der Waals surface area contributed by atoms with E-state index in [0.29, 0.717) is 18.2 Å². The van der Waals surface area contributed by atoms with E-state index in [1.165, 1.54) is 11.1 Å². The number of hydrogen-bond donors (Lipinski definition) is 1. The van der Waals surface area contributed by atoms with Crippen LogP contribution in [0, 0.1) is 5.92 Å². The summed E-state index contributed by atoms with van der Waals surface area (Å²) in [5, 5.41) is 3.07. The summed E-state index contributed by atoms with van der Waals surface area (Å²) >= 11 is 0. The maximum absolute atomic E-state index is 12.3. The number of nitrogens with one attached hydrogen (secondary N) is 1. The van der Waals surface area contributed by atoms with Gasteiger partial charge in [0.25, 0.3) is 0 Å². The third-order valence-electron chi connectivity index (χ3n) is 6.52. The third-order valence-corrected chi connectivity index (χ3v) is 6.52. The Morgan fingerprint density at radius 1 is 1.00 bits per heavy atom. The highest BCUT2D eigenvalue weighted by Crippen LogP contribution is 2.22. The van der Waals surface area contributed by atoms with Crippen LogP contribution in [0.2, 0.25) is 0 Å². The number of nitrogens with zero attached hydrogens (tertiary/aromatic N) is 2. The number of carbonyl (C=O) groups excluding carboxylic acids is 2. The Morgan fingerprint density at radius 3 is 2.24 bits per heavy atom. The van der Waals surface area contributed by atoms with Crippen LogP contribution in [0.5, 0.6) is 0 Å². The minimum absolute atomic E-state index is 0.0885. The standard InChI is InChI=1S/C24H37N3O2/c1-3-19(2)25-24(29)27-16-12-22(13-17-27)18-21-8-6-20(7-9-21)10-11-23(28)26-14-4-5-15-26/h6-9,19,22H,3-5,10-18H2,1-2H3,(H,25,29). The predicted molar refractivity (Wildman–Crippen MR) is 117 cm³/mol. The van der Waals surface area contributed by atoms with Crippen molar-refractivity contribution in [2.75, 3.05) is 26.2 Å². The Bertz CT molecular complexity index is 659. The Kier molecular flexibility index (Phi) is 7.96. The molecule has 2 aliphatic heterocycles. The lowest BCUT2D eigenvalue weighted by Gasteiger charge is -2.33. The molecule has 0 spiro atoms. The van der Waals surface area contributed by atoms with Gasteiger partial charge in [-0.25, -0.2) is 4.79 Å². The van der Waals surface area contributed by atoms with Crippen molar-refractivity contribution < 1.29 is 9.59 Å². The van der Waals surface area contributed by atoms with Gasteiger partial charge in [-0.2, -0.15) is 0 Å². The van der Waals surface area contributed by atoms with Gasteiger partial charge in [0.15, 0.2) is 0 Å². The van der Waals surface area contributed by atoms with E-state index in [1.54, 1.807) is 0 Å². The van der Waals surface area contributed by atoms with Crippen molar-refractivity contribution in [3.05, 3.63) is 35.4 Å². The molecule has 160 valence electrons. The molecule has 1 aromatic carbocycles. The Morgan fingerprint density at radius 2 is 1.62 bits per heavy atom. The van der Waals surface area contributed by atoms with E-state index in [1.807, 2.05) is 9.80 Å². The normalized spacial score (nSPS) is 18.7. The molecule has 1 unspecified atom stereocenters. The van der Waals surface area contributed by atoms with Crippen LogP contribution in [-0.2, 0) is 17.6 Å². The fraction of sp³-hybridized carbons (Fsp3) is 0.667. The van der Waals surface area contributed by atoms with E-state index >= 15 is 0 Å². The first-order chi connectivity index (χ1) is 14.0. The van der Waals surface area contributed by atoms with E-state index in [9.17, 15) is 9.59 Å². The maximum Gasteiger partial charge on any atom is 0.317 e. The van der Waals surface area contributed by atoms with Crippen molar-refractivity contribution in [2.24, 2.45) is 5.92 Å². The van der Waals surface area contributed by atoms with Crippen molar-refractivity contribution in [1.29, 1.82) is 0 Å². The molecule has 0 bridgehead atoms. The van der Waals surface area contributed by atoms with Crippen molar-refractivity contribution in [3.63, 3.8) is 0 Å². The van der Waals surface area contributed by atoms with Crippen LogP contribution in [0.1, 0.15) is 63.5 Å². The number of amides is 3. The largest absolute Gasteiger partial charge is 0.343 e. The van der Waals surface area contributed by atoms with Gasteiger partial charge in [0.2, 0.25) is 5.91 Å². The van der Waals surface area contributed by atoms with E-state index < -0.39 is 0 Å². The lowest BCUT2D eigenvalue weighted by molar-refractivity contribution is -0.130. The van der Waals surface area contributed by atoms with Gasteiger partial charge in [0.1, 0.15) is 0 Å². The van der Waals surface area contributed by atoms with Crippen LogP contribution in [-0.4, -0.2) is 54.0 Å². The predicted octanol–water partition coefficient (Wildman–Crippen LogP) is 4.00. The van der Waals surface area contributed by atoms with Crippen LogP contribution in [0.4, 0.5) is 4.79 Å². The molecule has 0 radical (unpaired) electrons. The van der Waals surface area contributed by atoms with Crippen LogP contribution < -0.4 is 5.32 Å². The molecule has 0 aromatic heterocycles. The lowest BCUT2D eigenvalue weighted by atomic mass is 9.90. The first kappa shape index (κ1) is 21.7. The smallest absolute Gasteiger partial charge is 0.317 e. The molecule has 2 aliphatic rings. The summed E-state index contributed by atoms with van der Waals surface area (Å²) < 4.78 is 0. The molecular formula is C24H37N3O2. The lowest BCUT2D eigenvalue weighted by Crippen LogP contribution is -2.47. The minimum Gasteiger partial charge on any atom is -0.343 e.